The van der Waals surface area contributed by atoms with Gasteiger partial charge < -0.3 is 24.9 Å². The highest BCUT2D eigenvalue weighted by molar-refractivity contribution is 5.95. The van der Waals surface area contributed by atoms with Gasteiger partial charge in [0.05, 0.1) is 6.54 Å². The Balaban J connectivity index is 1.43. The zero-order chi connectivity index (χ0) is 19.5. The first-order valence-electron chi connectivity index (χ1n) is 10.3. The Hall–Kier alpha value is -2.19. The molecule has 3 saturated heterocycles. The van der Waals surface area contributed by atoms with Gasteiger partial charge in [-0.1, -0.05) is 0 Å². The molecule has 28 heavy (non-hydrogen) atoms. The topological polar surface area (TPSA) is 72.0 Å². The number of piperidine rings is 1. The number of nitrogens with zero attached hydrogens (tertiary/aromatic N) is 5. The molecule has 0 spiro atoms. The maximum absolute atomic E-state index is 13.2. The van der Waals surface area contributed by atoms with Crippen molar-refractivity contribution in [2.75, 3.05) is 70.9 Å². The van der Waals surface area contributed by atoms with E-state index in [1.54, 1.807) is 6.20 Å². The van der Waals surface area contributed by atoms with Crippen molar-refractivity contribution in [2.45, 2.75) is 18.9 Å². The summed E-state index contributed by atoms with van der Waals surface area (Å²) in [6.45, 7) is 7.21. The largest absolute Gasteiger partial charge is 0.354 e. The fourth-order valence-corrected chi connectivity index (χ4v) is 4.34. The number of piperazine rings is 2. The molecule has 4 heterocycles. The minimum atomic E-state index is 0.0464. The van der Waals surface area contributed by atoms with E-state index in [1.807, 2.05) is 21.9 Å². The average molecular weight is 387 g/mol. The Morgan fingerprint density at radius 1 is 1.18 bits per heavy atom. The van der Waals surface area contributed by atoms with E-state index in [9.17, 15) is 9.59 Å². The fourth-order valence-electron chi connectivity index (χ4n) is 4.34. The van der Waals surface area contributed by atoms with Crippen molar-refractivity contribution in [2.24, 2.45) is 0 Å². The van der Waals surface area contributed by atoms with Gasteiger partial charge in [0.25, 0.3) is 5.91 Å². The van der Waals surface area contributed by atoms with Gasteiger partial charge in [-0.2, -0.15) is 0 Å². The number of pyridine rings is 1. The molecule has 3 fully saturated rings. The number of hydrogen-bond acceptors (Lipinski definition) is 6. The molecule has 8 heteroatoms. The van der Waals surface area contributed by atoms with Crippen molar-refractivity contribution in [3.63, 3.8) is 0 Å². The number of hydrogen-bond donors (Lipinski definition) is 1. The molecule has 3 aliphatic rings. The number of carbonyl (C=O) groups excluding carboxylic acids is 2. The van der Waals surface area contributed by atoms with E-state index in [0.29, 0.717) is 18.7 Å². The zero-order valence-electron chi connectivity index (χ0n) is 16.6. The molecule has 8 nitrogen and oxygen atoms in total. The van der Waals surface area contributed by atoms with Crippen molar-refractivity contribution in [1.82, 2.24) is 25.0 Å². The quantitative estimate of drug-likeness (QED) is 0.780. The molecule has 1 atom stereocenters. The van der Waals surface area contributed by atoms with Gasteiger partial charge >= 0.3 is 0 Å². The van der Waals surface area contributed by atoms with Crippen LogP contribution in [0.4, 0.5) is 5.82 Å². The van der Waals surface area contributed by atoms with Crippen LogP contribution >= 0.6 is 0 Å². The van der Waals surface area contributed by atoms with E-state index in [2.05, 4.69) is 27.1 Å². The van der Waals surface area contributed by atoms with Crippen molar-refractivity contribution >= 4 is 17.6 Å². The molecule has 4 rings (SSSR count). The lowest BCUT2D eigenvalue weighted by molar-refractivity contribution is -0.135. The molecule has 1 aromatic rings. The first-order chi connectivity index (χ1) is 13.6. The predicted octanol–water partition coefficient (Wildman–Crippen LogP) is -0.130. The third-order valence-corrected chi connectivity index (χ3v) is 6.07. The SMILES string of the molecule is CN1CCN(c2cc(C(=O)N3CCCC(N4CCNCC4=O)C3)ccn2)CC1. The van der Waals surface area contributed by atoms with Crippen LogP contribution < -0.4 is 10.2 Å². The molecule has 0 bridgehead atoms. The minimum absolute atomic E-state index is 0.0464. The third-order valence-electron chi connectivity index (χ3n) is 6.07. The number of likely N-dealkylation sites (tertiary alicyclic amines) is 1. The van der Waals surface area contributed by atoms with E-state index in [4.69, 9.17) is 0 Å². The highest BCUT2D eigenvalue weighted by Crippen LogP contribution is 2.21. The summed E-state index contributed by atoms with van der Waals surface area (Å²) in [5.74, 6) is 1.07. The van der Waals surface area contributed by atoms with Crippen molar-refractivity contribution in [1.29, 1.82) is 0 Å². The average Bonchev–Trinajstić information content (AvgIpc) is 2.74. The smallest absolute Gasteiger partial charge is 0.254 e. The summed E-state index contributed by atoms with van der Waals surface area (Å²) in [5, 5.41) is 3.12. The minimum Gasteiger partial charge on any atom is -0.354 e. The normalized spacial score (nSPS) is 24.5. The van der Waals surface area contributed by atoms with E-state index in [1.165, 1.54) is 0 Å². The number of likely N-dealkylation sites (N-methyl/N-ethyl adjacent to an activating group) is 1. The van der Waals surface area contributed by atoms with Gasteiger partial charge in [0.15, 0.2) is 0 Å². The maximum Gasteiger partial charge on any atom is 0.254 e. The molecule has 1 unspecified atom stereocenters. The lowest BCUT2D eigenvalue weighted by atomic mass is 10.0. The van der Waals surface area contributed by atoms with Crippen molar-refractivity contribution in [3.05, 3.63) is 23.9 Å². The van der Waals surface area contributed by atoms with Crippen LogP contribution in [0.2, 0.25) is 0 Å². The summed E-state index contributed by atoms with van der Waals surface area (Å²) in [4.78, 5) is 38.3. The van der Waals surface area contributed by atoms with E-state index in [0.717, 1.165) is 64.5 Å². The van der Waals surface area contributed by atoms with Gasteiger partial charge in [0.1, 0.15) is 5.82 Å². The first kappa shape index (κ1) is 19.1. The molecular weight excluding hydrogens is 356 g/mol. The van der Waals surface area contributed by atoms with Crippen LogP contribution in [0.1, 0.15) is 23.2 Å². The van der Waals surface area contributed by atoms with Crippen LogP contribution in [0, 0.1) is 0 Å². The summed E-state index contributed by atoms with van der Waals surface area (Å²) in [6.07, 6.45) is 3.64. The van der Waals surface area contributed by atoms with Crippen LogP contribution in [0.15, 0.2) is 18.3 Å². The van der Waals surface area contributed by atoms with Gasteiger partial charge in [-0.05, 0) is 32.0 Å². The zero-order valence-corrected chi connectivity index (χ0v) is 16.6. The number of amides is 2. The Labute approximate surface area is 166 Å². The van der Waals surface area contributed by atoms with Crippen molar-refractivity contribution < 1.29 is 9.59 Å². The van der Waals surface area contributed by atoms with Gasteiger partial charge in [0.2, 0.25) is 5.91 Å². The number of aromatic nitrogens is 1. The maximum atomic E-state index is 13.2. The highest BCUT2D eigenvalue weighted by atomic mass is 16.2. The summed E-state index contributed by atoms with van der Waals surface area (Å²) in [5.41, 5.74) is 0.691. The number of rotatable bonds is 3. The molecule has 1 N–H and O–H groups in total. The van der Waals surface area contributed by atoms with Crippen molar-refractivity contribution in [3.8, 4) is 0 Å². The number of carbonyl (C=O) groups is 2. The third kappa shape index (κ3) is 4.12. The predicted molar refractivity (Wildman–Crippen MR) is 107 cm³/mol. The lowest BCUT2D eigenvalue weighted by Gasteiger charge is -2.41. The van der Waals surface area contributed by atoms with Gasteiger partial charge in [-0.25, -0.2) is 4.98 Å². The number of nitrogens with one attached hydrogen (secondary N) is 1. The monoisotopic (exact) mass is 386 g/mol. The van der Waals surface area contributed by atoms with Crippen LogP contribution in [0.25, 0.3) is 0 Å². The lowest BCUT2D eigenvalue weighted by Crippen LogP contribution is -2.57. The molecule has 0 aromatic carbocycles. The molecule has 0 saturated carbocycles. The Kier molecular flexibility index (Phi) is 5.77. The van der Waals surface area contributed by atoms with Gasteiger partial charge in [0, 0.05) is 70.2 Å². The number of anilines is 1. The van der Waals surface area contributed by atoms with E-state index < -0.39 is 0 Å². The molecule has 1 aromatic heterocycles. The molecular formula is C20H30N6O2. The molecule has 0 aliphatic carbocycles. The second kappa shape index (κ2) is 8.45. The van der Waals surface area contributed by atoms with Crippen LogP contribution in [0.3, 0.4) is 0 Å². The first-order valence-corrected chi connectivity index (χ1v) is 10.3. The molecule has 2 amide bonds. The summed E-state index contributed by atoms with van der Waals surface area (Å²) >= 11 is 0. The standard InChI is InChI=1S/C20H30N6O2/c1-23-9-11-24(12-10-23)18-13-16(4-5-22-18)20(28)25-7-2-3-17(15-25)26-8-6-21-14-19(26)27/h4-5,13,17,21H,2-3,6-12,14-15H2,1H3. The summed E-state index contributed by atoms with van der Waals surface area (Å²) in [7, 11) is 2.13. The summed E-state index contributed by atoms with van der Waals surface area (Å²) in [6, 6.07) is 3.86. The van der Waals surface area contributed by atoms with Gasteiger partial charge in [-0.3, -0.25) is 9.59 Å². The highest BCUT2D eigenvalue weighted by Gasteiger charge is 2.32. The molecule has 3 aliphatic heterocycles. The molecule has 152 valence electrons. The van der Waals surface area contributed by atoms with E-state index >= 15 is 0 Å². The van der Waals surface area contributed by atoms with Crippen LogP contribution in [0.5, 0.6) is 0 Å². The van der Waals surface area contributed by atoms with E-state index in [-0.39, 0.29) is 17.9 Å². The second-order valence-electron chi connectivity index (χ2n) is 8.00. The Morgan fingerprint density at radius 3 is 2.79 bits per heavy atom. The van der Waals surface area contributed by atoms with Crippen LogP contribution in [-0.4, -0.2) is 103 Å². The Morgan fingerprint density at radius 2 is 2.00 bits per heavy atom. The molecule has 0 radical (unpaired) electrons. The Bertz CT molecular complexity index is 718. The second-order valence-corrected chi connectivity index (χ2v) is 8.00. The fraction of sp³-hybridized carbons (Fsp3) is 0.650. The van der Waals surface area contributed by atoms with Gasteiger partial charge in [-0.15, -0.1) is 0 Å². The van der Waals surface area contributed by atoms with Crippen LogP contribution in [-0.2, 0) is 4.79 Å². The summed E-state index contributed by atoms with van der Waals surface area (Å²) < 4.78 is 0.